The lowest BCUT2D eigenvalue weighted by molar-refractivity contribution is -0.118. The number of carbonyl (C=O) groups is 1. The van der Waals surface area contributed by atoms with Crippen molar-refractivity contribution in [2.24, 2.45) is 5.73 Å². The van der Waals surface area contributed by atoms with Crippen LogP contribution < -0.4 is 5.73 Å². The van der Waals surface area contributed by atoms with Crippen molar-refractivity contribution >= 4 is 5.91 Å². The Bertz CT molecular complexity index is 580. The minimum absolute atomic E-state index is 0.160. The lowest BCUT2D eigenvalue weighted by Gasteiger charge is -2.06. The second-order valence-corrected chi connectivity index (χ2v) is 3.79. The van der Waals surface area contributed by atoms with Crippen molar-refractivity contribution < 1.29 is 13.6 Å². The molecule has 6 heteroatoms. The van der Waals surface area contributed by atoms with Gasteiger partial charge in [-0.05, 0) is 18.2 Å². The molecule has 94 valence electrons. The summed E-state index contributed by atoms with van der Waals surface area (Å²) in [5.74, 6) is -1.80. The third-order valence-corrected chi connectivity index (χ3v) is 2.49. The quantitative estimate of drug-likeness (QED) is 0.899. The van der Waals surface area contributed by atoms with E-state index < -0.39 is 17.5 Å². The largest absolute Gasteiger partial charge is 0.370 e. The van der Waals surface area contributed by atoms with E-state index in [2.05, 4.69) is 4.98 Å². The number of carbonyl (C=O) groups excluding carboxylic acids is 1. The summed E-state index contributed by atoms with van der Waals surface area (Å²) in [5, 5.41) is 0. The van der Waals surface area contributed by atoms with Crippen LogP contribution in [0.5, 0.6) is 0 Å². The second-order valence-electron chi connectivity index (χ2n) is 3.79. The lowest BCUT2D eigenvalue weighted by atomic mass is 10.2. The Kier molecular flexibility index (Phi) is 3.36. The maximum Gasteiger partial charge on any atom is 0.219 e. The van der Waals surface area contributed by atoms with Crippen LogP contribution in [0.1, 0.15) is 6.42 Å². The first-order chi connectivity index (χ1) is 8.58. The topological polar surface area (TPSA) is 60.9 Å². The molecule has 0 aliphatic carbocycles. The molecular formula is C12H11F2N3O. The summed E-state index contributed by atoms with van der Waals surface area (Å²) in [5.41, 5.74) is 5.51. The molecule has 18 heavy (non-hydrogen) atoms. The molecule has 1 aromatic heterocycles. The minimum Gasteiger partial charge on any atom is -0.370 e. The molecule has 0 unspecified atom stereocenters. The molecule has 4 nitrogen and oxygen atoms in total. The number of nitrogens with two attached hydrogens (primary N) is 1. The molecule has 0 aliphatic heterocycles. The predicted molar refractivity (Wildman–Crippen MR) is 61.4 cm³/mol. The van der Waals surface area contributed by atoms with Crippen LogP contribution in [0.15, 0.2) is 30.6 Å². The number of imidazole rings is 1. The van der Waals surface area contributed by atoms with Crippen LogP contribution in [0.3, 0.4) is 0 Å². The van der Waals surface area contributed by atoms with Crippen LogP contribution in [0.25, 0.3) is 11.4 Å². The number of nitrogens with zero attached hydrogens (tertiary/aromatic N) is 2. The minimum atomic E-state index is -0.933. The number of hydrogen-bond donors (Lipinski definition) is 1. The Balaban J connectivity index is 2.30. The second kappa shape index (κ2) is 4.95. The Morgan fingerprint density at radius 3 is 2.78 bits per heavy atom. The van der Waals surface area contributed by atoms with Gasteiger partial charge in [0.1, 0.15) is 5.82 Å². The number of benzene rings is 1. The molecule has 0 atom stereocenters. The van der Waals surface area contributed by atoms with Gasteiger partial charge in [0.15, 0.2) is 11.6 Å². The Hall–Kier alpha value is -2.24. The van der Waals surface area contributed by atoms with Gasteiger partial charge in [0.05, 0.1) is 0 Å². The molecule has 1 aromatic carbocycles. The molecular weight excluding hydrogens is 240 g/mol. The average molecular weight is 251 g/mol. The number of aryl methyl sites for hydroxylation is 1. The Morgan fingerprint density at radius 1 is 1.33 bits per heavy atom. The van der Waals surface area contributed by atoms with Gasteiger partial charge in [-0.25, -0.2) is 13.8 Å². The highest BCUT2D eigenvalue weighted by molar-refractivity contribution is 5.73. The molecule has 0 fully saturated rings. The van der Waals surface area contributed by atoms with E-state index in [4.69, 9.17) is 5.73 Å². The van der Waals surface area contributed by atoms with Crippen molar-refractivity contribution in [2.45, 2.75) is 13.0 Å². The predicted octanol–water partition coefficient (Wildman–Crippen LogP) is 1.70. The van der Waals surface area contributed by atoms with Crippen molar-refractivity contribution in [3.05, 3.63) is 42.2 Å². The summed E-state index contributed by atoms with van der Waals surface area (Å²) >= 11 is 0. The zero-order valence-electron chi connectivity index (χ0n) is 9.44. The number of primary amides is 1. The zero-order valence-corrected chi connectivity index (χ0v) is 9.44. The third-order valence-electron chi connectivity index (χ3n) is 2.49. The third kappa shape index (κ3) is 2.53. The molecule has 0 radical (unpaired) electrons. The number of hydrogen-bond acceptors (Lipinski definition) is 2. The van der Waals surface area contributed by atoms with Crippen LogP contribution in [0.4, 0.5) is 8.78 Å². The molecule has 2 aromatic rings. The summed E-state index contributed by atoms with van der Waals surface area (Å²) in [6.45, 7) is 0.351. The summed E-state index contributed by atoms with van der Waals surface area (Å²) in [6.07, 6.45) is 3.34. The van der Waals surface area contributed by atoms with Gasteiger partial charge in [-0.1, -0.05) is 0 Å². The maximum absolute atomic E-state index is 13.1. The SMILES string of the molecule is NC(=O)CCn1ccnc1-c1ccc(F)c(F)c1. The van der Waals surface area contributed by atoms with Crippen molar-refractivity contribution in [1.29, 1.82) is 0 Å². The highest BCUT2D eigenvalue weighted by Crippen LogP contribution is 2.20. The van der Waals surface area contributed by atoms with Crippen LogP contribution in [0, 0.1) is 11.6 Å². The van der Waals surface area contributed by atoms with Gasteiger partial charge in [0.2, 0.25) is 5.91 Å². The fraction of sp³-hybridized carbons (Fsp3) is 0.167. The fourth-order valence-corrected chi connectivity index (χ4v) is 1.62. The molecule has 2 rings (SSSR count). The first kappa shape index (κ1) is 12.2. The molecule has 0 bridgehead atoms. The van der Waals surface area contributed by atoms with Gasteiger partial charge in [-0.15, -0.1) is 0 Å². The van der Waals surface area contributed by atoms with Gasteiger partial charge in [-0.2, -0.15) is 0 Å². The first-order valence-electron chi connectivity index (χ1n) is 5.33. The van der Waals surface area contributed by atoms with Crippen LogP contribution >= 0.6 is 0 Å². The van der Waals surface area contributed by atoms with Gasteiger partial charge in [0.25, 0.3) is 0 Å². The van der Waals surface area contributed by atoms with Crippen molar-refractivity contribution in [3.8, 4) is 11.4 Å². The van der Waals surface area contributed by atoms with E-state index >= 15 is 0 Å². The van der Waals surface area contributed by atoms with E-state index in [9.17, 15) is 13.6 Å². The van der Waals surface area contributed by atoms with E-state index in [1.54, 1.807) is 10.8 Å². The van der Waals surface area contributed by atoms with Crippen LogP contribution in [0.2, 0.25) is 0 Å². The average Bonchev–Trinajstić information content (AvgIpc) is 2.78. The van der Waals surface area contributed by atoms with E-state index in [0.29, 0.717) is 17.9 Å². The van der Waals surface area contributed by atoms with E-state index in [1.807, 2.05) is 0 Å². The molecule has 0 aliphatic rings. The highest BCUT2D eigenvalue weighted by Gasteiger charge is 2.09. The number of aromatic nitrogens is 2. The summed E-state index contributed by atoms with van der Waals surface area (Å²) in [6, 6.07) is 3.54. The van der Waals surface area contributed by atoms with Crippen molar-refractivity contribution in [3.63, 3.8) is 0 Å². The van der Waals surface area contributed by atoms with Crippen molar-refractivity contribution in [1.82, 2.24) is 9.55 Å². The molecule has 1 heterocycles. The molecule has 1 amide bonds. The number of rotatable bonds is 4. The normalized spacial score (nSPS) is 10.6. The Morgan fingerprint density at radius 2 is 2.11 bits per heavy atom. The maximum atomic E-state index is 13.1. The number of halogens is 2. The van der Waals surface area contributed by atoms with Crippen LogP contribution in [-0.2, 0) is 11.3 Å². The van der Waals surface area contributed by atoms with Gasteiger partial charge in [0, 0.05) is 30.9 Å². The van der Waals surface area contributed by atoms with E-state index in [0.717, 1.165) is 12.1 Å². The standard InChI is InChI=1S/C12H11F2N3O/c13-9-2-1-8(7-10(9)14)12-16-4-6-17(12)5-3-11(15)18/h1-2,4,6-7H,3,5H2,(H2,15,18). The molecule has 2 N–H and O–H groups in total. The molecule has 0 spiro atoms. The monoisotopic (exact) mass is 251 g/mol. The summed E-state index contributed by atoms with van der Waals surface area (Å²) in [4.78, 5) is 14.8. The number of amides is 1. The van der Waals surface area contributed by atoms with E-state index in [1.165, 1.54) is 12.3 Å². The smallest absolute Gasteiger partial charge is 0.219 e. The van der Waals surface area contributed by atoms with E-state index in [-0.39, 0.29) is 6.42 Å². The lowest BCUT2D eigenvalue weighted by Crippen LogP contribution is -2.14. The molecule has 0 saturated heterocycles. The summed E-state index contributed by atoms with van der Waals surface area (Å²) in [7, 11) is 0. The van der Waals surface area contributed by atoms with Gasteiger partial charge in [-0.3, -0.25) is 4.79 Å². The van der Waals surface area contributed by atoms with Gasteiger partial charge >= 0.3 is 0 Å². The highest BCUT2D eigenvalue weighted by atomic mass is 19.2. The fourth-order valence-electron chi connectivity index (χ4n) is 1.62. The zero-order chi connectivity index (χ0) is 13.1. The Labute approximate surface area is 102 Å². The summed E-state index contributed by atoms with van der Waals surface area (Å²) < 4.78 is 27.6. The van der Waals surface area contributed by atoms with Gasteiger partial charge < -0.3 is 10.3 Å². The van der Waals surface area contributed by atoms with Crippen molar-refractivity contribution in [2.75, 3.05) is 0 Å². The molecule has 0 saturated carbocycles. The first-order valence-corrected chi connectivity index (χ1v) is 5.33. The van der Waals surface area contributed by atoms with Crippen LogP contribution in [-0.4, -0.2) is 15.5 Å².